The lowest BCUT2D eigenvalue weighted by Crippen LogP contribution is -2.08. The molecule has 0 saturated heterocycles. The topological polar surface area (TPSA) is 36.4 Å². The Balaban J connectivity index is 1.86. The average molecular weight is 340 g/mol. The predicted molar refractivity (Wildman–Crippen MR) is 111 cm³/mol. The number of hydrogen-bond donors (Lipinski definition) is 1. The molecule has 1 N–H and O–H groups in total. The highest BCUT2D eigenvalue weighted by Gasteiger charge is 2.08. The fraction of sp³-hybridized carbons (Fsp3) is 0.0870. The van der Waals surface area contributed by atoms with E-state index in [1.807, 2.05) is 79.7 Å². The van der Waals surface area contributed by atoms with Crippen LogP contribution in [0.2, 0.25) is 0 Å². The van der Waals surface area contributed by atoms with E-state index in [1.165, 1.54) is 0 Å². The molecule has 0 aliphatic carbocycles. The number of aliphatic hydroxyl groups is 1. The van der Waals surface area contributed by atoms with Gasteiger partial charge in [0.1, 0.15) is 5.76 Å². The van der Waals surface area contributed by atoms with Crippen LogP contribution in [-0.2, 0) is 0 Å². The lowest BCUT2D eigenvalue weighted by atomic mass is 10.0. The Morgan fingerprint density at radius 2 is 1.42 bits per heavy atom. The van der Waals surface area contributed by atoms with Crippen molar-refractivity contribution in [3.8, 4) is 0 Å². The molecule has 0 aliphatic rings. The van der Waals surface area contributed by atoms with Crippen LogP contribution in [0.4, 0.5) is 5.69 Å². The van der Waals surface area contributed by atoms with Gasteiger partial charge in [-0.2, -0.15) is 0 Å². The van der Waals surface area contributed by atoms with Crippen molar-refractivity contribution in [2.45, 2.75) is 0 Å². The highest BCUT2D eigenvalue weighted by Crippen LogP contribution is 2.28. The fourth-order valence-corrected chi connectivity index (χ4v) is 3.18. The third kappa shape index (κ3) is 2.88. The Hall–Kier alpha value is -3.33. The number of benzene rings is 3. The number of aliphatic hydroxyl groups excluding tert-OH is 1. The molecule has 3 heteroatoms. The van der Waals surface area contributed by atoms with Gasteiger partial charge in [0.05, 0.1) is 11.2 Å². The van der Waals surface area contributed by atoms with Gasteiger partial charge in [0.25, 0.3) is 0 Å². The molecule has 0 aliphatic heterocycles. The van der Waals surface area contributed by atoms with Crippen LogP contribution in [0.3, 0.4) is 0 Å². The summed E-state index contributed by atoms with van der Waals surface area (Å²) in [5.74, 6) is 0.211. The number of para-hydroxylation sites is 1. The molecule has 0 spiro atoms. The maximum atomic E-state index is 10.6. The number of fused-ring (bicyclic) bond motifs is 3. The first-order valence-corrected chi connectivity index (χ1v) is 8.59. The summed E-state index contributed by atoms with van der Waals surface area (Å²) in [4.78, 5) is 6.80. The molecule has 1 aromatic heterocycles. The van der Waals surface area contributed by atoms with Gasteiger partial charge < -0.3 is 10.0 Å². The third-order valence-corrected chi connectivity index (χ3v) is 4.59. The largest absolute Gasteiger partial charge is 0.507 e. The number of rotatable bonds is 3. The molecule has 0 bridgehead atoms. The number of aromatic nitrogens is 1. The fourth-order valence-electron chi connectivity index (χ4n) is 3.18. The minimum atomic E-state index is 0.211. The summed E-state index contributed by atoms with van der Waals surface area (Å²) in [5.41, 5.74) is 3.56. The summed E-state index contributed by atoms with van der Waals surface area (Å²) < 4.78 is 0. The van der Waals surface area contributed by atoms with Gasteiger partial charge in [-0.05, 0) is 35.7 Å². The van der Waals surface area contributed by atoms with E-state index in [-0.39, 0.29) is 5.76 Å². The molecule has 4 rings (SSSR count). The molecular weight excluding hydrogens is 320 g/mol. The van der Waals surface area contributed by atoms with Crippen LogP contribution in [0, 0.1) is 0 Å². The highest BCUT2D eigenvalue weighted by atomic mass is 16.3. The van der Waals surface area contributed by atoms with Gasteiger partial charge in [0.2, 0.25) is 0 Å². The molecule has 0 radical (unpaired) electrons. The maximum Gasteiger partial charge on any atom is 0.124 e. The van der Waals surface area contributed by atoms with E-state index in [1.54, 1.807) is 6.08 Å². The van der Waals surface area contributed by atoms with E-state index in [9.17, 15) is 5.11 Å². The van der Waals surface area contributed by atoms with E-state index in [4.69, 9.17) is 4.98 Å². The predicted octanol–water partition coefficient (Wildman–Crippen LogP) is 5.51. The van der Waals surface area contributed by atoms with Crippen molar-refractivity contribution >= 4 is 39.2 Å². The molecule has 0 atom stereocenters. The molecule has 3 nitrogen and oxygen atoms in total. The normalized spacial score (nSPS) is 11.8. The SMILES string of the molecule is CN(C)c1ccc(/C(O)=C/c2nc3ccccc3c3ccccc23)cc1. The van der Waals surface area contributed by atoms with E-state index >= 15 is 0 Å². The maximum absolute atomic E-state index is 10.6. The monoisotopic (exact) mass is 340 g/mol. The Bertz CT molecular complexity index is 1110. The summed E-state index contributed by atoms with van der Waals surface area (Å²) in [6.45, 7) is 0. The molecule has 0 fully saturated rings. The molecule has 128 valence electrons. The van der Waals surface area contributed by atoms with Crippen molar-refractivity contribution in [1.82, 2.24) is 4.98 Å². The van der Waals surface area contributed by atoms with Gasteiger partial charge in [-0.3, -0.25) is 0 Å². The van der Waals surface area contributed by atoms with Gasteiger partial charge in [-0.25, -0.2) is 4.98 Å². The van der Waals surface area contributed by atoms with Crippen LogP contribution in [0.5, 0.6) is 0 Å². The second-order valence-electron chi connectivity index (χ2n) is 6.53. The van der Waals surface area contributed by atoms with Crippen molar-refractivity contribution in [1.29, 1.82) is 0 Å². The van der Waals surface area contributed by atoms with E-state index in [0.717, 1.165) is 38.6 Å². The minimum Gasteiger partial charge on any atom is -0.507 e. The Labute approximate surface area is 152 Å². The summed E-state index contributed by atoms with van der Waals surface area (Å²) >= 11 is 0. The molecule has 4 aromatic rings. The molecule has 0 saturated carbocycles. The molecular formula is C23H20N2O. The minimum absolute atomic E-state index is 0.211. The standard InChI is InChI=1S/C23H20N2O/c1-25(2)17-13-11-16(12-14-17)23(26)15-22-20-9-4-3-7-18(20)19-8-5-6-10-21(19)24-22/h3-15,26H,1-2H3/b23-15-. The number of pyridine rings is 1. The number of anilines is 1. The first-order valence-electron chi connectivity index (χ1n) is 8.59. The molecule has 0 amide bonds. The van der Waals surface area contributed by atoms with Gasteiger partial charge in [0.15, 0.2) is 0 Å². The van der Waals surface area contributed by atoms with Gasteiger partial charge in [0, 0.05) is 42.2 Å². The zero-order chi connectivity index (χ0) is 18.1. The van der Waals surface area contributed by atoms with Crippen molar-refractivity contribution in [3.63, 3.8) is 0 Å². The van der Waals surface area contributed by atoms with Crippen LogP contribution in [0.15, 0.2) is 72.8 Å². The second kappa shape index (κ2) is 6.52. The molecule has 1 heterocycles. The third-order valence-electron chi connectivity index (χ3n) is 4.59. The van der Waals surface area contributed by atoms with E-state index in [0.29, 0.717) is 0 Å². The zero-order valence-electron chi connectivity index (χ0n) is 14.8. The smallest absolute Gasteiger partial charge is 0.124 e. The van der Waals surface area contributed by atoms with Crippen LogP contribution in [-0.4, -0.2) is 24.2 Å². The Kier molecular flexibility index (Phi) is 4.05. The van der Waals surface area contributed by atoms with Crippen molar-refractivity contribution in [3.05, 3.63) is 84.1 Å². The highest BCUT2D eigenvalue weighted by molar-refractivity contribution is 6.08. The average Bonchev–Trinajstić information content (AvgIpc) is 2.68. The summed E-state index contributed by atoms with van der Waals surface area (Å²) in [6, 6.07) is 24.1. The van der Waals surface area contributed by atoms with Crippen LogP contribution < -0.4 is 4.90 Å². The van der Waals surface area contributed by atoms with Crippen LogP contribution >= 0.6 is 0 Å². The van der Waals surface area contributed by atoms with Crippen molar-refractivity contribution in [2.24, 2.45) is 0 Å². The zero-order valence-corrected chi connectivity index (χ0v) is 14.8. The molecule has 0 unspecified atom stereocenters. The number of hydrogen-bond acceptors (Lipinski definition) is 3. The molecule has 26 heavy (non-hydrogen) atoms. The van der Waals surface area contributed by atoms with Crippen LogP contribution in [0.1, 0.15) is 11.3 Å². The van der Waals surface area contributed by atoms with E-state index in [2.05, 4.69) is 12.1 Å². The Morgan fingerprint density at radius 1 is 0.808 bits per heavy atom. The lowest BCUT2D eigenvalue weighted by Gasteiger charge is -2.12. The first kappa shape index (κ1) is 16.2. The molecule has 3 aromatic carbocycles. The Morgan fingerprint density at radius 3 is 2.12 bits per heavy atom. The van der Waals surface area contributed by atoms with Crippen LogP contribution in [0.25, 0.3) is 33.5 Å². The van der Waals surface area contributed by atoms with E-state index < -0.39 is 0 Å². The number of nitrogens with zero attached hydrogens (tertiary/aromatic N) is 2. The lowest BCUT2D eigenvalue weighted by molar-refractivity contribution is 0.515. The summed E-state index contributed by atoms with van der Waals surface area (Å²) in [6.07, 6.45) is 1.75. The van der Waals surface area contributed by atoms with Gasteiger partial charge in [-0.1, -0.05) is 42.5 Å². The van der Waals surface area contributed by atoms with Gasteiger partial charge in [-0.15, -0.1) is 0 Å². The summed E-state index contributed by atoms with van der Waals surface area (Å²) in [5, 5.41) is 13.9. The van der Waals surface area contributed by atoms with Crippen molar-refractivity contribution < 1.29 is 5.11 Å². The first-order chi connectivity index (χ1) is 12.6. The quantitative estimate of drug-likeness (QED) is 0.394. The van der Waals surface area contributed by atoms with Crippen molar-refractivity contribution in [2.75, 3.05) is 19.0 Å². The van der Waals surface area contributed by atoms with Gasteiger partial charge >= 0.3 is 0 Å². The summed E-state index contributed by atoms with van der Waals surface area (Å²) in [7, 11) is 3.99. The second-order valence-corrected chi connectivity index (χ2v) is 6.53.